The Labute approximate surface area is 173 Å². The Balaban J connectivity index is 1.64. The standard InChI is InChI=1S/C22H22N2O4S/c1-3-15(2)28-18-11-9-16(10-12-18)13-19-21(26)24(22(27)29-19)14-20(25)23-17-7-5-4-6-8-17/h4-13,15H,3,14H2,1-2H3,(H,23,25). The SMILES string of the molecule is CCC(C)Oc1ccc(C=C2SC(=O)N(CC(=O)Nc3ccccc3)C2=O)cc1. The second-order valence-corrected chi connectivity index (χ2v) is 7.58. The molecule has 1 unspecified atom stereocenters. The number of thioether (sulfide) groups is 1. The van der Waals surface area contributed by atoms with E-state index < -0.39 is 17.1 Å². The molecule has 0 saturated carbocycles. The summed E-state index contributed by atoms with van der Waals surface area (Å²) in [5.74, 6) is -0.142. The first kappa shape index (κ1) is 20.7. The van der Waals surface area contributed by atoms with Gasteiger partial charge in [0, 0.05) is 5.69 Å². The van der Waals surface area contributed by atoms with Crippen LogP contribution >= 0.6 is 11.8 Å². The molecule has 1 aliphatic heterocycles. The molecular weight excluding hydrogens is 388 g/mol. The number of nitrogens with one attached hydrogen (secondary N) is 1. The number of amides is 3. The van der Waals surface area contributed by atoms with Crippen molar-refractivity contribution in [2.75, 3.05) is 11.9 Å². The van der Waals surface area contributed by atoms with E-state index >= 15 is 0 Å². The number of para-hydroxylation sites is 1. The molecular formula is C22H22N2O4S. The van der Waals surface area contributed by atoms with Crippen molar-refractivity contribution in [1.29, 1.82) is 0 Å². The molecule has 1 heterocycles. The lowest BCUT2D eigenvalue weighted by atomic mass is 10.2. The topological polar surface area (TPSA) is 75.7 Å². The molecule has 6 nitrogen and oxygen atoms in total. The van der Waals surface area contributed by atoms with Crippen LogP contribution in [0.4, 0.5) is 10.5 Å². The van der Waals surface area contributed by atoms with E-state index in [1.165, 1.54) is 0 Å². The van der Waals surface area contributed by atoms with Crippen molar-refractivity contribution < 1.29 is 19.1 Å². The van der Waals surface area contributed by atoms with Crippen LogP contribution in [0, 0.1) is 0 Å². The molecule has 1 fully saturated rings. The predicted octanol–water partition coefficient (Wildman–Crippen LogP) is 4.54. The second kappa shape index (κ2) is 9.43. The third kappa shape index (κ3) is 5.48. The van der Waals surface area contributed by atoms with Crippen LogP contribution < -0.4 is 10.1 Å². The van der Waals surface area contributed by atoms with Gasteiger partial charge in [-0.25, -0.2) is 0 Å². The van der Waals surface area contributed by atoms with E-state index in [1.54, 1.807) is 30.3 Å². The Morgan fingerprint density at radius 2 is 1.83 bits per heavy atom. The maximum atomic E-state index is 12.6. The fourth-order valence-electron chi connectivity index (χ4n) is 2.61. The summed E-state index contributed by atoms with van der Waals surface area (Å²) >= 11 is 0.831. The number of imide groups is 1. The minimum Gasteiger partial charge on any atom is -0.491 e. The first-order valence-electron chi connectivity index (χ1n) is 9.33. The Morgan fingerprint density at radius 1 is 1.14 bits per heavy atom. The summed E-state index contributed by atoms with van der Waals surface area (Å²) in [6.45, 7) is 3.73. The van der Waals surface area contributed by atoms with Gasteiger partial charge in [-0.05, 0) is 61.0 Å². The highest BCUT2D eigenvalue weighted by Gasteiger charge is 2.36. The third-order valence-corrected chi connectivity index (χ3v) is 5.23. The van der Waals surface area contributed by atoms with Gasteiger partial charge in [0.25, 0.3) is 11.1 Å². The maximum absolute atomic E-state index is 12.6. The van der Waals surface area contributed by atoms with Gasteiger partial charge in [-0.15, -0.1) is 0 Å². The van der Waals surface area contributed by atoms with Crippen LogP contribution in [0.3, 0.4) is 0 Å². The van der Waals surface area contributed by atoms with Gasteiger partial charge in [0.1, 0.15) is 12.3 Å². The van der Waals surface area contributed by atoms with Crippen LogP contribution in [-0.2, 0) is 9.59 Å². The van der Waals surface area contributed by atoms with Crippen LogP contribution in [0.5, 0.6) is 5.75 Å². The highest BCUT2D eigenvalue weighted by atomic mass is 32.2. The van der Waals surface area contributed by atoms with Crippen molar-refractivity contribution in [3.63, 3.8) is 0 Å². The van der Waals surface area contributed by atoms with Crippen LogP contribution in [-0.4, -0.2) is 34.6 Å². The number of carbonyl (C=O) groups is 3. The fraction of sp³-hybridized carbons (Fsp3) is 0.227. The number of hydrogen-bond donors (Lipinski definition) is 1. The van der Waals surface area contributed by atoms with Crippen molar-refractivity contribution in [2.45, 2.75) is 26.4 Å². The van der Waals surface area contributed by atoms with Gasteiger partial charge < -0.3 is 10.1 Å². The molecule has 0 aromatic heterocycles. The summed E-state index contributed by atoms with van der Waals surface area (Å²) in [6, 6.07) is 16.2. The van der Waals surface area contributed by atoms with Gasteiger partial charge in [0.15, 0.2) is 0 Å². The molecule has 29 heavy (non-hydrogen) atoms. The maximum Gasteiger partial charge on any atom is 0.294 e. The summed E-state index contributed by atoms with van der Waals surface area (Å²) in [5.41, 5.74) is 1.39. The van der Waals surface area contributed by atoms with Crippen LogP contribution in [0.1, 0.15) is 25.8 Å². The number of carbonyl (C=O) groups excluding carboxylic acids is 3. The van der Waals surface area contributed by atoms with Gasteiger partial charge in [-0.2, -0.15) is 0 Å². The Kier molecular flexibility index (Phi) is 6.72. The molecule has 1 N–H and O–H groups in total. The van der Waals surface area contributed by atoms with Crippen molar-refractivity contribution in [3.05, 3.63) is 65.1 Å². The lowest BCUT2D eigenvalue weighted by molar-refractivity contribution is -0.127. The van der Waals surface area contributed by atoms with E-state index in [1.807, 2.05) is 37.3 Å². The second-order valence-electron chi connectivity index (χ2n) is 6.59. The molecule has 3 amide bonds. The number of nitrogens with zero attached hydrogens (tertiary/aromatic N) is 1. The Morgan fingerprint density at radius 3 is 2.48 bits per heavy atom. The summed E-state index contributed by atoms with van der Waals surface area (Å²) in [4.78, 5) is 38.2. The van der Waals surface area contributed by atoms with Gasteiger partial charge >= 0.3 is 0 Å². The average Bonchev–Trinajstić information content (AvgIpc) is 2.97. The van der Waals surface area contributed by atoms with Crippen LogP contribution in [0.15, 0.2) is 59.5 Å². The highest BCUT2D eigenvalue weighted by molar-refractivity contribution is 8.18. The average molecular weight is 410 g/mol. The minimum absolute atomic E-state index is 0.124. The largest absolute Gasteiger partial charge is 0.491 e. The van der Waals surface area contributed by atoms with E-state index in [0.29, 0.717) is 5.69 Å². The number of anilines is 1. The molecule has 150 valence electrons. The molecule has 7 heteroatoms. The van der Waals surface area contributed by atoms with Crippen molar-refractivity contribution >= 4 is 40.6 Å². The predicted molar refractivity (Wildman–Crippen MR) is 115 cm³/mol. The van der Waals surface area contributed by atoms with E-state index in [-0.39, 0.29) is 17.6 Å². The molecule has 0 aliphatic carbocycles. The van der Waals surface area contributed by atoms with E-state index in [0.717, 1.165) is 34.4 Å². The van der Waals surface area contributed by atoms with Crippen molar-refractivity contribution in [3.8, 4) is 5.75 Å². The Bertz CT molecular complexity index is 926. The zero-order chi connectivity index (χ0) is 20.8. The van der Waals surface area contributed by atoms with Crippen LogP contribution in [0.2, 0.25) is 0 Å². The third-order valence-electron chi connectivity index (χ3n) is 4.32. The van der Waals surface area contributed by atoms with E-state index in [9.17, 15) is 14.4 Å². The first-order chi connectivity index (χ1) is 14.0. The molecule has 2 aromatic carbocycles. The summed E-state index contributed by atoms with van der Waals surface area (Å²) in [6.07, 6.45) is 2.68. The Hall–Kier alpha value is -3.06. The monoisotopic (exact) mass is 410 g/mol. The minimum atomic E-state index is -0.469. The lowest BCUT2D eigenvalue weighted by Crippen LogP contribution is -2.36. The number of ether oxygens (including phenoxy) is 1. The van der Waals surface area contributed by atoms with Crippen molar-refractivity contribution in [1.82, 2.24) is 4.90 Å². The van der Waals surface area contributed by atoms with Gasteiger partial charge in [0.05, 0.1) is 11.0 Å². The highest BCUT2D eigenvalue weighted by Crippen LogP contribution is 2.32. The molecule has 0 spiro atoms. The van der Waals surface area contributed by atoms with Gasteiger partial charge in [0.2, 0.25) is 5.91 Å². The molecule has 1 atom stereocenters. The first-order valence-corrected chi connectivity index (χ1v) is 10.1. The molecule has 1 saturated heterocycles. The summed E-state index contributed by atoms with van der Waals surface area (Å²) in [7, 11) is 0. The molecule has 1 aliphatic rings. The zero-order valence-electron chi connectivity index (χ0n) is 16.3. The normalized spacial score (nSPS) is 16.2. The number of benzene rings is 2. The zero-order valence-corrected chi connectivity index (χ0v) is 17.1. The van der Waals surface area contributed by atoms with Gasteiger partial charge in [-0.3, -0.25) is 19.3 Å². The van der Waals surface area contributed by atoms with E-state index in [2.05, 4.69) is 12.2 Å². The van der Waals surface area contributed by atoms with Crippen molar-refractivity contribution in [2.24, 2.45) is 0 Å². The quantitative estimate of drug-likeness (QED) is 0.678. The molecule has 3 rings (SSSR count). The smallest absolute Gasteiger partial charge is 0.294 e. The van der Waals surface area contributed by atoms with Gasteiger partial charge in [-0.1, -0.05) is 37.3 Å². The fourth-order valence-corrected chi connectivity index (χ4v) is 3.45. The van der Waals surface area contributed by atoms with Crippen LogP contribution in [0.25, 0.3) is 6.08 Å². The summed E-state index contributed by atoms with van der Waals surface area (Å²) < 4.78 is 5.74. The van der Waals surface area contributed by atoms with E-state index in [4.69, 9.17) is 4.74 Å². The number of rotatable bonds is 7. The lowest BCUT2D eigenvalue weighted by Gasteiger charge is -2.12. The molecule has 0 radical (unpaired) electrons. The molecule has 0 bridgehead atoms. The summed E-state index contributed by atoms with van der Waals surface area (Å²) in [5, 5.41) is 2.22. The number of hydrogen-bond acceptors (Lipinski definition) is 5. The molecule has 2 aromatic rings.